The summed E-state index contributed by atoms with van der Waals surface area (Å²) < 4.78 is 38.4. The average Bonchev–Trinajstić information content (AvgIpc) is 3.37. The van der Waals surface area contributed by atoms with Gasteiger partial charge in [0.05, 0.1) is 11.6 Å². The Morgan fingerprint density at radius 3 is 2.29 bits per heavy atom. The van der Waals surface area contributed by atoms with Gasteiger partial charge in [0, 0.05) is 50.7 Å². The molecule has 1 atom stereocenters. The molecule has 0 spiro atoms. The third-order valence-corrected chi connectivity index (χ3v) is 6.76. The molecule has 1 saturated carbocycles. The van der Waals surface area contributed by atoms with Crippen molar-refractivity contribution in [1.29, 1.82) is 0 Å². The molecule has 34 heavy (non-hydrogen) atoms. The number of amides is 2. The first kappa shape index (κ1) is 24.2. The number of rotatable bonds is 6. The fourth-order valence-corrected chi connectivity index (χ4v) is 4.94. The summed E-state index contributed by atoms with van der Waals surface area (Å²) >= 11 is 0. The fourth-order valence-electron chi connectivity index (χ4n) is 4.94. The van der Waals surface area contributed by atoms with Gasteiger partial charge in [0.15, 0.2) is 0 Å². The predicted octanol–water partition coefficient (Wildman–Crippen LogP) is 3.73. The maximum absolute atomic E-state index is 13.2. The Morgan fingerprint density at radius 1 is 1.03 bits per heavy atom. The molecule has 1 aromatic heterocycles. The van der Waals surface area contributed by atoms with E-state index < -0.39 is 11.7 Å². The maximum Gasteiger partial charge on any atom is 0.416 e. The number of nitrogens with zero attached hydrogens (tertiary/aromatic N) is 3. The standard InChI is InChI=1S/C25H29F3N4O2/c26-25(27,28)21-9-7-20(8-10-21)24(34)32-14-12-31(13-15-32)22(19-5-1-2-6-19)23(33)30-17-18-4-3-11-29-16-18/h3-4,7-11,16,19,22H,1-2,5-6,12-15,17H2,(H,30,33). The van der Waals surface area contributed by atoms with Gasteiger partial charge in [-0.05, 0) is 54.7 Å². The molecular formula is C25H29F3N4O2. The van der Waals surface area contributed by atoms with Gasteiger partial charge >= 0.3 is 6.18 Å². The summed E-state index contributed by atoms with van der Waals surface area (Å²) in [5.41, 5.74) is 0.404. The molecule has 6 nitrogen and oxygen atoms in total. The molecule has 1 aromatic carbocycles. The van der Waals surface area contributed by atoms with Crippen molar-refractivity contribution in [2.24, 2.45) is 5.92 Å². The van der Waals surface area contributed by atoms with Crippen LogP contribution in [0, 0.1) is 5.92 Å². The Balaban J connectivity index is 1.37. The van der Waals surface area contributed by atoms with Crippen molar-refractivity contribution in [3.63, 3.8) is 0 Å². The van der Waals surface area contributed by atoms with E-state index in [0.717, 1.165) is 43.4 Å². The van der Waals surface area contributed by atoms with Gasteiger partial charge in [-0.1, -0.05) is 18.9 Å². The highest BCUT2D eigenvalue weighted by Crippen LogP contribution is 2.32. The number of hydrogen-bond donors (Lipinski definition) is 1. The Labute approximate surface area is 197 Å². The van der Waals surface area contributed by atoms with Crippen LogP contribution in [0.1, 0.15) is 47.2 Å². The van der Waals surface area contributed by atoms with Crippen LogP contribution in [0.15, 0.2) is 48.8 Å². The van der Waals surface area contributed by atoms with Crippen molar-refractivity contribution in [1.82, 2.24) is 20.1 Å². The molecule has 182 valence electrons. The van der Waals surface area contributed by atoms with Crippen LogP contribution >= 0.6 is 0 Å². The van der Waals surface area contributed by atoms with E-state index in [1.165, 1.54) is 12.1 Å². The zero-order valence-corrected chi connectivity index (χ0v) is 18.9. The van der Waals surface area contributed by atoms with Crippen LogP contribution in [0.2, 0.25) is 0 Å². The van der Waals surface area contributed by atoms with E-state index in [1.807, 2.05) is 12.1 Å². The van der Waals surface area contributed by atoms with Crippen molar-refractivity contribution in [3.8, 4) is 0 Å². The van der Waals surface area contributed by atoms with E-state index in [-0.39, 0.29) is 29.3 Å². The molecule has 2 heterocycles. The van der Waals surface area contributed by atoms with Crippen molar-refractivity contribution in [2.45, 2.75) is 44.4 Å². The first-order valence-corrected chi connectivity index (χ1v) is 11.7. The second-order valence-corrected chi connectivity index (χ2v) is 8.97. The van der Waals surface area contributed by atoms with Crippen molar-refractivity contribution in [3.05, 3.63) is 65.5 Å². The van der Waals surface area contributed by atoms with Gasteiger partial charge in [0.1, 0.15) is 0 Å². The Kier molecular flexibility index (Phi) is 7.50. The second kappa shape index (κ2) is 10.5. The van der Waals surface area contributed by atoms with Crippen molar-refractivity contribution >= 4 is 11.8 Å². The predicted molar refractivity (Wildman–Crippen MR) is 121 cm³/mol. The van der Waals surface area contributed by atoms with Gasteiger partial charge in [-0.15, -0.1) is 0 Å². The molecule has 1 N–H and O–H groups in total. The molecule has 2 aromatic rings. The maximum atomic E-state index is 13.2. The minimum Gasteiger partial charge on any atom is -0.351 e. The van der Waals surface area contributed by atoms with Crippen LogP contribution < -0.4 is 5.32 Å². The van der Waals surface area contributed by atoms with Gasteiger partial charge in [0.25, 0.3) is 5.91 Å². The van der Waals surface area contributed by atoms with Gasteiger partial charge in [0.2, 0.25) is 5.91 Å². The van der Waals surface area contributed by atoms with E-state index in [0.29, 0.717) is 32.7 Å². The molecule has 1 saturated heterocycles. The molecule has 2 amide bonds. The summed E-state index contributed by atoms with van der Waals surface area (Å²) in [5.74, 6) is -0.00356. The number of halogens is 3. The zero-order chi connectivity index (χ0) is 24.1. The SMILES string of the molecule is O=C(NCc1cccnc1)C(C1CCCC1)N1CCN(C(=O)c2ccc(C(F)(F)F)cc2)CC1. The van der Waals surface area contributed by atoms with Crippen LogP contribution in [-0.4, -0.2) is 58.8 Å². The molecule has 9 heteroatoms. The molecular weight excluding hydrogens is 445 g/mol. The van der Waals surface area contributed by atoms with Gasteiger partial charge in [-0.3, -0.25) is 19.5 Å². The number of benzene rings is 1. The van der Waals surface area contributed by atoms with Gasteiger partial charge in [-0.2, -0.15) is 13.2 Å². The van der Waals surface area contributed by atoms with Crippen molar-refractivity contribution in [2.75, 3.05) is 26.2 Å². The second-order valence-electron chi connectivity index (χ2n) is 8.97. The summed E-state index contributed by atoms with van der Waals surface area (Å²) in [6.07, 6.45) is 3.24. The number of carbonyl (C=O) groups is 2. The van der Waals surface area contributed by atoms with Crippen molar-refractivity contribution < 1.29 is 22.8 Å². The van der Waals surface area contributed by atoms with Gasteiger partial charge < -0.3 is 10.2 Å². The highest BCUT2D eigenvalue weighted by atomic mass is 19.4. The lowest BCUT2D eigenvalue weighted by Gasteiger charge is -2.40. The highest BCUT2D eigenvalue weighted by Gasteiger charge is 2.37. The van der Waals surface area contributed by atoms with Crippen LogP contribution in [0.4, 0.5) is 13.2 Å². The number of carbonyl (C=O) groups excluding carboxylic acids is 2. The van der Waals surface area contributed by atoms with E-state index in [1.54, 1.807) is 17.3 Å². The first-order valence-electron chi connectivity index (χ1n) is 11.7. The lowest BCUT2D eigenvalue weighted by molar-refractivity contribution is -0.137. The summed E-state index contributed by atoms with van der Waals surface area (Å²) in [6, 6.07) is 7.84. The topological polar surface area (TPSA) is 65.5 Å². The third-order valence-electron chi connectivity index (χ3n) is 6.76. The van der Waals surface area contributed by atoms with Crippen LogP contribution in [0.3, 0.4) is 0 Å². The van der Waals surface area contributed by atoms with E-state index in [9.17, 15) is 22.8 Å². The Morgan fingerprint density at radius 2 is 1.71 bits per heavy atom. The first-order chi connectivity index (χ1) is 16.3. The fraction of sp³-hybridized carbons (Fsp3) is 0.480. The molecule has 0 radical (unpaired) electrons. The molecule has 0 bridgehead atoms. The minimum atomic E-state index is -4.43. The minimum absolute atomic E-state index is 0.00160. The lowest BCUT2D eigenvalue weighted by atomic mass is 9.94. The quantitative estimate of drug-likeness (QED) is 0.693. The molecule has 2 aliphatic rings. The molecule has 1 aliphatic heterocycles. The zero-order valence-electron chi connectivity index (χ0n) is 18.9. The smallest absolute Gasteiger partial charge is 0.351 e. The van der Waals surface area contributed by atoms with Crippen LogP contribution in [-0.2, 0) is 17.5 Å². The normalized spacial score (nSPS) is 18.6. The van der Waals surface area contributed by atoms with E-state index in [2.05, 4.69) is 15.2 Å². The molecule has 1 unspecified atom stereocenters. The Hall–Kier alpha value is -2.94. The molecule has 4 rings (SSSR count). The average molecular weight is 475 g/mol. The number of piperazine rings is 1. The highest BCUT2D eigenvalue weighted by molar-refractivity contribution is 5.94. The summed E-state index contributed by atoms with van der Waals surface area (Å²) in [4.78, 5) is 33.9. The monoisotopic (exact) mass is 474 g/mol. The molecule has 1 aliphatic carbocycles. The van der Waals surface area contributed by atoms with Crippen LogP contribution in [0.25, 0.3) is 0 Å². The number of aromatic nitrogens is 1. The van der Waals surface area contributed by atoms with E-state index in [4.69, 9.17) is 0 Å². The Bertz CT molecular complexity index is 968. The number of alkyl halides is 3. The summed E-state index contributed by atoms with van der Waals surface area (Å²) in [6.45, 7) is 2.38. The van der Waals surface area contributed by atoms with Gasteiger partial charge in [-0.25, -0.2) is 0 Å². The third kappa shape index (κ3) is 5.75. The largest absolute Gasteiger partial charge is 0.416 e. The number of nitrogens with one attached hydrogen (secondary N) is 1. The number of hydrogen-bond acceptors (Lipinski definition) is 4. The lowest BCUT2D eigenvalue weighted by Crippen LogP contribution is -2.57. The molecule has 2 fully saturated rings. The van der Waals surface area contributed by atoms with E-state index >= 15 is 0 Å². The number of pyridine rings is 1. The van der Waals surface area contributed by atoms with Crippen LogP contribution in [0.5, 0.6) is 0 Å². The summed E-state index contributed by atoms with van der Waals surface area (Å²) in [5, 5.41) is 3.06. The summed E-state index contributed by atoms with van der Waals surface area (Å²) in [7, 11) is 0.